The minimum Gasteiger partial charge on any atom is -0.486 e. The van der Waals surface area contributed by atoms with Crippen molar-refractivity contribution in [2.45, 2.75) is 26.8 Å². The fourth-order valence-electron chi connectivity index (χ4n) is 2.53. The van der Waals surface area contributed by atoms with Crippen LogP contribution in [0.3, 0.4) is 0 Å². The lowest BCUT2D eigenvalue weighted by molar-refractivity contribution is 0.172. The first-order valence-corrected chi connectivity index (χ1v) is 7.54. The van der Waals surface area contributed by atoms with Gasteiger partial charge in [-0.2, -0.15) is 0 Å². The number of nitrogens with two attached hydrogens (primary N) is 1. The number of thiophene rings is 1. The van der Waals surface area contributed by atoms with Gasteiger partial charge in [0.2, 0.25) is 0 Å². The van der Waals surface area contributed by atoms with Gasteiger partial charge in [-0.25, -0.2) is 0 Å². The van der Waals surface area contributed by atoms with Gasteiger partial charge < -0.3 is 15.2 Å². The molecule has 0 saturated carbocycles. The molecule has 0 saturated heterocycles. The van der Waals surface area contributed by atoms with E-state index in [1.807, 2.05) is 0 Å². The molecule has 1 aliphatic heterocycles. The molecule has 0 fully saturated rings. The van der Waals surface area contributed by atoms with Crippen molar-refractivity contribution in [3.63, 3.8) is 0 Å². The molecule has 0 unspecified atom stereocenters. The van der Waals surface area contributed by atoms with E-state index in [4.69, 9.17) is 15.2 Å². The van der Waals surface area contributed by atoms with Crippen molar-refractivity contribution >= 4 is 21.4 Å². The summed E-state index contributed by atoms with van der Waals surface area (Å²) in [7, 11) is 0. The van der Waals surface area contributed by atoms with Crippen LogP contribution >= 0.6 is 11.3 Å². The summed E-state index contributed by atoms with van der Waals surface area (Å²) in [4.78, 5) is 1.28. The van der Waals surface area contributed by atoms with Gasteiger partial charge in [-0.05, 0) is 29.4 Å². The Hall–Kier alpha value is -1.26. The van der Waals surface area contributed by atoms with E-state index in [0.717, 1.165) is 17.9 Å². The average molecular weight is 277 g/mol. The Labute approximate surface area is 117 Å². The van der Waals surface area contributed by atoms with Crippen molar-refractivity contribution in [1.82, 2.24) is 0 Å². The van der Waals surface area contributed by atoms with Crippen LogP contribution in [0.4, 0.5) is 0 Å². The molecule has 0 bridgehead atoms. The lowest BCUT2D eigenvalue weighted by Crippen LogP contribution is -2.15. The van der Waals surface area contributed by atoms with Gasteiger partial charge in [0.25, 0.3) is 0 Å². The fraction of sp³-hybridized carbons (Fsp3) is 0.467. The third kappa shape index (κ3) is 2.30. The zero-order valence-electron chi connectivity index (χ0n) is 11.4. The molecule has 3 rings (SSSR count). The molecule has 1 aromatic heterocycles. The van der Waals surface area contributed by atoms with Gasteiger partial charge in [0, 0.05) is 22.2 Å². The Balaban J connectivity index is 2.16. The second-order valence-corrected chi connectivity index (χ2v) is 6.43. The van der Waals surface area contributed by atoms with Gasteiger partial charge in [0.1, 0.15) is 13.2 Å². The molecule has 2 N–H and O–H groups in total. The van der Waals surface area contributed by atoms with Gasteiger partial charge in [-0.1, -0.05) is 13.8 Å². The van der Waals surface area contributed by atoms with E-state index >= 15 is 0 Å². The highest BCUT2D eigenvalue weighted by Gasteiger charge is 2.18. The van der Waals surface area contributed by atoms with Crippen molar-refractivity contribution in [3.05, 3.63) is 22.6 Å². The Bertz CT molecular complexity index is 604. The third-order valence-corrected chi connectivity index (χ3v) is 4.55. The molecule has 1 aliphatic rings. The molecule has 1 aromatic carbocycles. The SMILES string of the molecule is CC(C)Cc1c(CN)sc2cc3c(cc12)OCCO3. The monoisotopic (exact) mass is 277 g/mol. The fourth-order valence-corrected chi connectivity index (χ4v) is 3.66. The number of rotatable bonds is 3. The van der Waals surface area contributed by atoms with Crippen LogP contribution in [-0.4, -0.2) is 13.2 Å². The number of ether oxygens (including phenoxy) is 2. The van der Waals surface area contributed by atoms with E-state index in [-0.39, 0.29) is 0 Å². The molecule has 102 valence electrons. The molecule has 3 nitrogen and oxygen atoms in total. The maximum Gasteiger partial charge on any atom is 0.162 e. The number of benzene rings is 1. The van der Waals surface area contributed by atoms with Gasteiger partial charge >= 0.3 is 0 Å². The molecule has 0 radical (unpaired) electrons. The normalized spacial score (nSPS) is 14.3. The zero-order valence-corrected chi connectivity index (χ0v) is 12.2. The topological polar surface area (TPSA) is 44.5 Å². The standard InChI is InChI=1S/C15H19NO2S/c1-9(2)5-10-11-6-12-13(18-4-3-17-12)7-14(11)19-15(10)8-16/h6-7,9H,3-5,8,16H2,1-2H3. The highest BCUT2D eigenvalue weighted by molar-refractivity contribution is 7.19. The van der Waals surface area contributed by atoms with Crippen molar-refractivity contribution in [1.29, 1.82) is 0 Å². The van der Waals surface area contributed by atoms with Crippen LogP contribution in [-0.2, 0) is 13.0 Å². The van der Waals surface area contributed by atoms with E-state index in [2.05, 4.69) is 26.0 Å². The van der Waals surface area contributed by atoms with E-state index in [1.54, 1.807) is 11.3 Å². The van der Waals surface area contributed by atoms with E-state index in [1.165, 1.54) is 20.5 Å². The quantitative estimate of drug-likeness (QED) is 0.936. The molecular formula is C15H19NO2S. The minimum atomic E-state index is 0.605. The van der Waals surface area contributed by atoms with Crippen LogP contribution in [0.15, 0.2) is 12.1 Å². The summed E-state index contributed by atoms with van der Waals surface area (Å²) in [5, 5.41) is 1.28. The Morgan fingerprint density at radius 3 is 2.53 bits per heavy atom. The number of hydrogen-bond donors (Lipinski definition) is 1. The predicted molar refractivity (Wildman–Crippen MR) is 79.2 cm³/mol. The smallest absolute Gasteiger partial charge is 0.162 e. The van der Waals surface area contributed by atoms with Gasteiger partial charge in [-0.3, -0.25) is 0 Å². The molecule has 0 aliphatic carbocycles. The second kappa shape index (κ2) is 5.02. The Morgan fingerprint density at radius 2 is 1.89 bits per heavy atom. The van der Waals surface area contributed by atoms with Crippen LogP contribution < -0.4 is 15.2 Å². The lowest BCUT2D eigenvalue weighted by atomic mass is 9.99. The third-order valence-electron chi connectivity index (χ3n) is 3.34. The summed E-state index contributed by atoms with van der Waals surface area (Å²) >= 11 is 1.78. The molecule has 2 aromatic rings. The summed E-state index contributed by atoms with van der Waals surface area (Å²) in [6.07, 6.45) is 1.06. The molecule has 4 heteroatoms. The van der Waals surface area contributed by atoms with Crippen molar-refractivity contribution in [2.75, 3.05) is 13.2 Å². The first-order valence-electron chi connectivity index (χ1n) is 6.73. The van der Waals surface area contributed by atoms with Gasteiger partial charge in [-0.15, -0.1) is 11.3 Å². The van der Waals surface area contributed by atoms with Crippen molar-refractivity contribution < 1.29 is 9.47 Å². The molecule has 19 heavy (non-hydrogen) atoms. The van der Waals surface area contributed by atoms with Crippen LogP contribution in [0.2, 0.25) is 0 Å². The Kier molecular flexibility index (Phi) is 3.37. The summed E-state index contributed by atoms with van der Waals surface area (Å²) in [6, 6.07) is 4.22. The van der Waals surface area contributed by atoms with Crippen LogP contribution in [0.1, 0.15) is 24.3 Å². The van der Waals surface area contributed by atoms with Crippen LogP contribution in [0.5, 0.6) is 11.5 Å². The zero-order chi connectivity index (χ0) is 13.4. The Morgan fingerprint density at radius 1 is 1.21 bits per heavy atom. The molecule has 2 heterocycles. The maximum atomic E-state index is 5.89. The summed E-state index contributed by atoms with van der Waals surface area (Å²) in [6.45, 7) is 6.34. The first kappa shape index (κ1) is 12.8. The lowest BCUT2D eigenvalue weighted by Gasteiger charge is -2.18. The highest BCUT2D eigenvalue weighted by Crippen LogP contribution is 2.41. The number of hydrogen-bond acceptors (Lipinski definition) is 4. The van der Waals surface area contributed by atoms with Gasteiger partial charge in [0.15, 0.2) is 11.5 Å². The van der Waals surface area contributed by atoms with Crippen molar-refractivity contribution in [3.8, 4) is 11.5 Å². The van der Waals surface area contributed by atoms with E-state index in [0.29, 0.717) is 25.7 Å². The highest BCUT2D eigenvalue weighted by atomic mass is 32.1. The van der Waals surface area contributed by atoms with E-state index < -0.39 is 0 Å². The first-order chi connectivity index (χ1) is 9.19. The summed E-state index contributed by atoms with van der Waals surface area (Å²) in [5.41, 5.74) is 7.28. The summed E-state index contributed by atoms with van der Waals surface area (Å²) in [5.74, 6) is 2.35. The second-order valence-electron chi connectivity index (χ2n) is 5.30. The largest absolute Gasteiger partial charge is 0.486 e. The molecule has 0 spiro atoms. The molecular weight excluding hydrogens is 258 g/mol. The van der Waals surface area contributed by atoms with Crippen LogP contribution in [0.25, 0.3) is 10.1 Å². The molecule has 0 amide bonds. The van der Waals surface area contributed by atoms with Gasteiger partial charge in [0.05, 0.1) is 0 Å². The minimum absolute atomic E-state index is 0.605. The average Bonchev–Trinajstić information content (AvgIpc) is 2.73. The van der Waals surface area contributed by atoms with Crippen molar-refractivity contribution in [2.24, 2.45) is 11.7 Å². The predicted octanol–water partition coefficient (Wildman–Crippen LogP) is 3.33. The maximum absolute atomic E-state index is 5.89. The summed E-state index contributed by atoms with van der Waals surface area (Å²) < 4.78 is 12.6. The molecule has 0 atom stereocenters. The number of fused-ring (bicyclic) bond motifs is 2. The van der Waals surface area contributed by atoms with E-state index in [9.17, 15) is 0 Å². The van der Waals surface area contributed by atoms with Crippen LogP contribution in [0, 0.1) is 5.92 Å².